The van der Waals surface area contributed by atoms with Crippen LogP contribution in [-0.2, 0) is 4.74 Å². The van der Waals surface area contributed by atoms with E-state index in [-0.39, 0.29) is 18.4 Å². The average Bonchev–Trinajstić information content (AvgIpc) is 3.14. The highest BCUT2D eigenvalue weighted by Gasteiger charge is 2.44. The Labute approximate surface area is 143 Å². The van der Waals surface area contributed by atoms with Crippen molar-refractivity contribution in [3.63, 3.8) is 0 Å². The number of nitrogens with two attached hydrogens (primary N) is 1. The number of nitrogen functional groups attached to an aromatic ring is 1. The highest BCUT2D eigenvalue weighted by molar-refractivity contribution is 5.82. The molecular weight excluding hydrogens is 332 g/mol. The van der Waals surface area contributed by atoms with E-state index < -0.39 is 31.1 Å². The van der Waals surface area contributed by atoms with E-state index in [9.17, 15) is 15.3 Å². The third-order valence-electron chi connectivity index (χ3n) is 4.11. The van der Waals surface area contributed by atoms with E-state index in [1.54, 1.807) is 0 Å². The van der Waals surface area contributed by atoms with Gasteiger partial charge in [0.2, 0.25) is 5.95 Å². The zero-order valence-electron chi connectivity index (χ0n) is 13.5. The van der Waals surface area contributed by atoms with Crippen LogP contribution in [0.4, 0.5) is 11.8 Å². The van der Waals surface area contributed by atoms with Gasteiger partial charge in [0.05, 0.1) is 12.9 Å². The van der Waals surface area contributed by atoms with Crippen molar-refractivity contribution in [1.82, 2.24) is 19.5 Å². The molecule has 1 saturated heterocycles. The minimum Gasteiger partial charge on any atom is -0.396 e. The second-order valence-corrected chi connectivity index (χ2v) is 5.84. The number of rotatable bonds is 7. The SMILES string of the molecule is Nc1nc(NCCCCO)nc2c1ncn2[C@@H]1O[C@H](CO)[C@@H](O)[C@H]1O. The molecule has 0 aromatic carbocycles. The summed E-state index contributed by atoms with van der Waals surface area (Å²) in [7, 11) is 0. The number of fused-ring (bicyclic) bond motifs is 1. The smallest absolute Gasteiger partial charge is 0.226 e. The largest absolute Gasteiger partial charge is 0.396 e. The van der Waals surface area contributed by atoms with E-state index in [2.05, 4.69) is 20.3 Å². The number of nitrogens with one attached hydrogen (secondary N) is 1. The minimum atomic E-state index is -1.24. The maximum absolute atomic E-state index is 10.2. The predicted octanol–water partition coefficient (Wildman–Crippen LogP) is -1.80. The number of hydrogen-bond donors (Lipinski definition) is 6. The molecule has 138 valence electrons. The molecule has 3 heterocycles. The lowest BCUT2D eigenvalue weighted by molar-refractivity contribution is -0.0511. The number of aromatic nitrogens is 4. The topological polar surface area (TPSA) is 172 Å². The Morgan fingerprint density at radius 2 is 2.00 bits per heavy atom. The van der Waals surface area contributed by atoms with Crippen LogP contribution in [0.15, 0.2) is 6.33 Å². The molecule has 11 nitrogen and oxygen atoms in total. The summed E-state index contributed by atoms with van der Waals surface area (Å²) in [5.41, 5.74) is 6.60. The molecule has 2 aromatic rings. The van der Waals surface area contributed by atoms with Crippen LogP contribution >= 0.6 is 0 Å². The summed E-state index contributed by atoms with van der Waals surface area (Å²) in [6.45, 7) is 0.255. The zero-order valence-corrected chi connectivity index (χ0v) is 13.5. The first-order valence-electron chi connectivity index (χ1n) is 8.04. The summed E-state index contributed by atoms with van der Waals surface area (Å²) in [6, 6.07) is 0. The zero-order chi connectivity index (χ0) is 18.0. The van der Waals surface area contributed by atoms with Crippen LogP contribution in [0.1, 0.15) is 19.1 Å². The van der Waals surface area contributed by atoms with Gasteiger partial charge in [0.15, 0.2) is 17.7 Å². The normalized spacial score (nSPS) is 26.4. The lowest BCUT2D eigenvalue weighted by Gasteiger charge is -2.16. The molecule has 11 heteroatoms. The molecule has 4 atom stereocenters. The van der Waals surface area contributed by atoms with Crippen LogP contribution < -0.4 is 11.1 Å². The molecule has 1 aliphatic rings. The molecule has 25 heavy (non-hydrogen) atoms. The van der Waals surface area contributed by atoms with Crippen molar-refractivity contribution in [3.05, 3.63) is 6.33 Å². The number of ether oxygens (including phenoxy) is 1. The third-order valence-corrected chi connectivity index (χ3v) is 4.11. The van der Waals surface area contributed by atoms with Crippen molar-refractivity contribution >= 4 is 22.9 Å². The first-order valence-corrected chi connectivity index (χ1v) is 8.04. The number of imidazole rings is 1. The molecule has 0 spiro atoms. The van der Waals surface area contributed by atoms with Crippen molar-refractivity contribution in [2.24, 2.45) is 0 Å². The van der Waals surface area contributed by atoms with Crippen LogP contribution in [0.2, 0.25) is 0 Å². The Hall–Kier alpha value is -2.05. The van der Waals surface area contributed by atoms with Gasteiger partial charge in [0.25, 0.3) is 0 Å². The van der Waals surface area contributed by atoms with E-state index in [1.807, 2.05) is 0 Å². The van der Waals surface area contributed by atoms with Gasteiger partial charge >= 0.3 is 0 Å². The quantitative estimate of drug-likeness (QED) is 0.312. The summed E-state index contributed by atoms with van der Waals surface area (Å²) in [5.74, 6) is 0.455. The van der Waals surface area contributed by atoms with Crippen LogP contribution in [0.25, 0.3) is 11.2 Å². The van der Waals surface area contributed by atoms with Crippen molar-refractivity contribution in [1.29, 1.82) is 0 Å². The molecule has 2 aromatic heterocycles. The number of nitrogens with zero attached hydrogens (tertiary/aromatic N) is 4. The number of hydrogen-bond acceptors (Lipinski definition) is 10. The van der Waals surface area contributed by atoms with E-state index in [1.165, 1.54) is 10.9 Å². The molecule has 0 radical (unpaired) electrons. The Bertz CT molecular complexity index is 725. The first-order chi connectivity index (χ1) is 12.1. The Kier molecular flexibility index (Phi) is 5.30. The Morgan fingerprint density at radius 1 is 1.20 bits per heavy atom. The van der Waals surface area contributed by atoms with Crippen molar-refractivity contribution in [3.8, 4) is 0 Å². The molecule has 1 aliphatic heterocycles. The number of unbranched alkanes of at least 4 members (excludes halogenated alkanes) is 1. The van der Waals surface area contributed by atoms with Gasteiger partial charge in [-0.15, -0.1) is 0 Å². The highest BCUT2D eigenvalue weighted by Crippen LogP contribution is 2.32. The second kappa shape index (κ2) is 7.45. The van der Waals surface area contributed by atoms with Crippen LogP contribution in [-0.4, -0.2) is 78.0 Å². The van der Waals surface area contributed by atoms with Gasteiger partial charge in [-0.2, -0.15) is 9.97 Å². The van der Waals surface area contributed by atoms with Gasteiger partial charge < -0.3 is 36.2 Å². The number of aliphatic hydroxyl groups is 4. The van der Waals surface area contributed by atoms with E-state index >= 15 is 0 Å². The number of aliphatic hydroxyl groups excluding tert-OH is 4. The fourth-order valence-electron chi connectivity index (χ4n) is 2.75. The van der Waals surface area contributed by atoms with E-state index in [0.717, 1.165) is 6.42 Å². The fourth-order valence-corrected chi connectivity index (χ4v) is 2.75. The van der Waals surface area contributed by atoms with Crippen molar-refractivity contribution in [2.75, 3.05) is 30.8 Å². The fraction of sp³-hybridized carbons (Fsp3) is 0.643. The molecule has 0 unspecified atom stereocenters. The van der Waals surface area contributed by atoms with Gasteiger partial charge in [-0.25, -0.2) is 4.98 Å². The molecule has 7 N–H and O–H groups in total. The molecule has 0 saturated carbocycles. The van der Waals surface area contributed by atoms with E-state index in [0.29, 0.717) is 24.1 Å². The van der Waals surface area contributed by atoms with E-state index in [4.69, 9.17) is 15.6 Å². The first kappa shape index (κ1) is 17.8. The Balaban J connectivity index is 1.88. The lowest BCUT2D eigenvalue weighted by Crippen LogP contribution is -2.33. The number of anilines is 2. The standard InChI is InChI=1S/C14H22N6O5/c15-11-8-12(19-14(18-11)16-3-1-2-4-21)20(6-17-8)13-10(24)9(23)7(5-22)25-13/h6-7,9-10,13,21-24H,1-5H2,(H3,15,16,18,19)/t7-,9-,10-,13-/m1/s1. The molecule has 0 aliphatic carbocycles. The summed E-state index contributed by atoms with van der Waals surface area (Å²) < 4.78 is 6.96. The van der Waals surface area contributed by atoms with Crippen LogP contribution in [0.3, 0.4) is 0 Å². The molecule has 3 rings (SSSR count). The lowest BCUT2D eigenvalue weighted by atomic mass is 10.1. The van der Waals surface area contributed by atoms with Crippen LogP contribution in [0.5, 0.6) is 0 Å². The Morgan fingerprint density at radius 3 is 2.68 bits per heavy atom. The molecule has 0 amide bonds. The molecule has 0 bridgehead atoms. The van der Waals surface area contributed by atoms with Gasteiger partial charge in [-0.1, -0.05) is 0 Å². The molecule has 1 fully saturated rings. The maximum Gasteiger partial charge on any atom is 0.226 e. The minimum absolute atomic E-state index is 0.113. The van der Waals surface area contributed by atoms with Gasteiger partial charge in [0, 0.05) is 13.2 Å². The average molecular weight is 354 g/mol. The monoisotopic (exact) mass is 354 g/mol. The maximum atomic E-state index is 10.2. The van der Waals surface area contributed by atoms with Crippen LogP contribution in [0, 0.1) is 0 Å². The summed E-state index contributed by atoms with van der Waals surface area (Å²) >= 11 is 0. The van der Waals surface area contributed by atoms with Crippen molar-refractivity contribution in [2.45, 2.75) is 37.4 Å². The summed E-state index contributed by atoms with van der Waals surface area (Å²) in [6.07, 6.45) is -1.52. The van der Waals surface area contributed by atoms with Crippen molar-refractivity contribution < 1.29 is 25.2 Å². The summed E-state index contributed by atoms with van der Waals surface area (Å²) in [5, 5.41) is 41.1. The van der Waals surface area contributed by atoms with Gasteiger partial charge in [-0.05, 0) is 12.8 Å². The van der Waals surface area contributed by atoms with Gasteiger partial charge in [0.1, 0.15) is 23.8 Å². The highest BCUT2D eigenvalue weighted by atomic mass is 16.6. The second-order valence-electron chi connectivity index (χ2n) is 5.84. The summed E-state index contributed by atoms with van der Waals surface area (Å²) in [4.78, 5) is 12.6. The predicted molar refractivity (Wildman–Crippen MR) is 87.6 cm³/mol. The third kappa shape index (κ3) is 3.37. The van der Waals surface area contributed by atoms with Gasteiger partial charge in [-0.3, -0.25) is 4.57 Å². The molecular formula is C14H22N6O5.